The number of carbonyl (C=O) groups excluding carboxylic acids is 2. The van der Waals surface area contributed by atoms with E-state index in [4.69, 9.17) is 14.2 Å². The molecule has 0 saturated heterocycles. The maximum Gasteiger partial charge on any atom is 0.316 e. The molecule has 0 unspecified atom stereocenters. The lowest BCUT2D eigenvalue weighted by molar-refractivity contribution is -0.180. The molecule has 5 heteroatoms. The number of ketones is 1. The lowest BCUT2D eigenvalue weighted by atomic mass is 9.55. The first kappa shape index (κ1) is 15.4. The van der Waals surface area contributed by atoms with E-state index >= 15 is 0 Å². The van der Waals surface area contributed by atoms with Crippen LogP contribution in [0.1, 0.15) is 39.0 Å². The molecule has 4 atom stereocenters. The molecule has 2 rings (SSSR count). The Morgan fingerprint density at radius 1 is 1.35 bits per heavy atom. The van der Waals surface area contributed by atoms with Gasteiger partial charge in [0.25, 0.3) is 0 Å². The second-order valence-electron chi connectivity index (χ2n) is 6.07. The Labute approximate surface area is 120 Å². The van der Waals surface area contributed by atoms with E-state index in [-0.39, 0.29) is 30.0 Å². The molecule has 0 aromatic rings. The van der Waals surface area contributed by atoms with E-state index in [0.29, 0.717) is 6.42 Å². The van der Waals surface area contributed by atoms with Crippen molar-refractivity contribution in [3.05, 3.63) is 0 Å². The molecule has 0 bridgehead atoms. The van der Waals surface area contributed by atoms with E-state index in [1.54, 1.807) is 7.11 Å². The van der Waals surface area contributed by atoms with Crippen molar-refractivity contribution in [2.24, 2.45) is 17.3 Å². The van der Waals surface area contributed by atoms with Crippen LogP contribution in [0.25, 0.3) is 0 Å². The minimum atomic E-state index is -0.618. The quantitative estimate of drug-likeness (QED) is 0.448. The average molecular weight is 284 g/mol. The summed E-state index contributed by atoms with van der Waals surface area (Å²) in [5.41, 5.74) is -0.149. The monoisotopic (exact) mass is 284 g/mol. The summed E-state index contributed by atoms with van der Waals surface area (Å²) >= 11 is 0. The van der Waals surface area contributed by atoms with Crippen molar-refractivity contribution in [3.63, 3.8) is 0 Å². The van der Waals surface area contributed by atoms with E-state index in [1.807, 2.05) is 0 Å². The minimum absolute atomic E-state index is 0.0201. The van der Waals surface area contributed by atoms with E-state index < -0.39 is 11.9 Å². The second kappa shape index (κ2) is 6.22. The van der Waals surface area contributed by atoms with Crippen LogP contribution in [-0.4, -0.2) is 38.9 Å². The predicted octanol–water partition coefficient (Wildman–Crippen LogP) is 1.93. The Kier molecular flexibility index (Phi) is 4.81. The third-order valence-corrected chi connectivity index (χ3v) is 5.07. The van der Waals surface area contributed by atoms with Crippen LogP contribution in [-0.2, 0) is 23.8 Å². The van der Waals surface area contributed by atoms with Gasteiger partial charge in [0.05, 0.1) is 13.2 Å². The SMILES string of the molecule is COCO[C@@H]1CCC[C@@H]2[C@@H](C(=O)OC)C(=O)CC[C@]21C. The fourth-order valence-electron chi connectivity index (χ4n) is 3.93. The van der Waals surface area contributed by atoms with E-state index in [9.17, 15) is 9.59 Å². The molecule has 114 valence electrons. The van der Waals surface area contributed by atoms with Gasteiger partial charge in [-0.3, -0.25) is 9.59 Å². The Morgan fingerprint density at radius 3 is 2.75 bits per heavy atom. The standard InChI is InChI=1S/C15H24O5/c1-15-8-7-11(16)13(14(17)19-3)10(15)5-4-6-12(15)20-9-18-2/h10,12-13H,4-9H2,1-3H3/t10-,12-,13-,15-/m1/s1. The van der Waals surface area contributed by atoms with Crippen LogP contribution in [0, 0.1) is 17.3 Å². The second-order valence-corrected chi connectivity index (χ2v) is 6.07. The zero-order chi connectivity index (χ0) is 14.8. The topological polar surface area (TPSA) is 61.8 Å². The number of ether oxygens (including phenoxy) is 3. The van der Waals surface area contributed by atoms with Crippen molar-refractivity contribution in [2.75, 3.05) is 21.0 Å². The Balaban J connectivity index is 2.23. The first-order valence-electron chi connectivity index (χ1n) is 7.25. The van der Waals surface area contributed by atoms with E-state index in [2.05, 4.69) is 6.92 Å². The zero-order valence-corrected chi connectivity index (χ0v) is 12.5. The summed E-state index contributed by atoms with van der Waals surface area (Å²) in [5.74, 6) is -0.968. The molecule has 0 radical (unpaired) electrons. The molecule has 0 aliphatic heterocycles. The van der Waals surface area contributed by atoms with Gasteiger partial charge in [0.1, 0.15) is 18.5 Å². The van der Waals surface area contributed by atoms with Crippen LogP contribution in [0.4, 0.5) is 0 Å². The molecule has 0 aromatic carbocycles. The smallest absolute Gasteiger partial charge is 0.316 e. The molecule has 20 heavy (non-hydrogen) atoms. The molecule has 0 heterocycles. The molecule has 0 spiro atoms. The van der Waals surface area contributed by atoms with Gasteiger partial charge in [0.2, 0.25) is 0 Å². The normalized spacial score (nSPS) is 37.4. The van der Waals surface area contributed by atoms with Gasteiger partial charge in [-0.15, -0.1) is 0 Å². The van der Waals surface area contributed by atoms with Crippen LogP contribution in [0.3, 0.4) is 0 Å². The van der Waals surface area contributed by atoms with Crippen molar-refractivity contribution >= 4 is 11.8 Å². The molecular weight excluding hydrogens is 260 g/mol. The maximum atomic E-state index is 12.1. The molecule has 2 aliphatic carbocycles. The van der Waals surface area contributed by atoms with Crippen molar-refractivity contribution in [3.8, 4) is 0 Å². The van der Waals surface area contributed by atoms with Crippen LogP contribution in [0.2, 0.25) is 0 Å². The van der Waals surface area contributed by atoms with Gasteiger partial charge in [-0.05, 0) is 30.6 Å². The Bertz CT molecular complexity index is 372. The van der Waals surface area contributed by atoms with Gasteiger partial charge in [-0.1, -0.05) is 13.3 Å². The minimum Gasteiger partial charge on any atom is -0.468 e. The molecule has 0 amide bonds. The maximum absolute atomic E-state index is 12.1. The van der Waals surface area contributed by atoms with E-state index in [1.165, 1.54) is 7.11 Å². The zero-order valence-electron chi connectivity index (χ0n) is 12.5. The molecule has 2 aliphatic rings. The van der Waals surface area contributed by atoms with Crippen molar-refractivity contribution in [1.29, 1.82) is 0 Å². The number of fused-ring (bicyclic) bond motifs is 1. The van der Waals surface area contributed by atoms with Gasteiger partial charge >= 0.3 is 5.97 Å². The van der Waals surface area contributed by atoms with Gasteiger partial charge in [0.15, 0.2) is 0 Å². The highest BCUT2D eigenvalue weighted by atomic mass is 16.7. The summed E-state index contributed by atoms with van der Waals surface area (Å²) in [6.07, 6.45) is 4.06. The summed E-state index contributed by atoms with van der Waals surface area (Å²) in [5, 5.41) is 0. The van der Waals surface area contributed by atoms with Crippen LogP contribution in [0.15, 0.2) is 0 Å². The lowest BCUT2D eigenvalue weighted by Crippen LogP contribution is -2.54. The molecular formula is C15H24O5. The van der Waals surface area contributed by atoms with Gasteiger partial charge in [-0.2, -0.15) is 0 Å². The lowest BCUT2D eigenvalue weighted by Gasteiger charge is -2.51. The molecule has 2 saturated carbocycles. The third-order valence-electron chi connectivity index (χ3n) is 5.07. The number of hydrogen-bond acceptors (Lipinski definition) is 5. The third kappa shape index (κ3) is 2.61. The first-order chi connectivity index (χ1) is 9.54. The Hall–Kier alpha value is -0.940. The van der Waals surface area contributed by atoms with Crippen molar-refractivity contribution in [1.82, 2.24) is 0 Å². The highest BCUT2D eigenvalue weighted by Gasteiger charge is 2.54. The molecule has 2 fully saturated rings. The van der Waals surface area contributed by atoms with E-state index in [0.717, 1.165) is 25.7 Å². The van der Waals surface area contributed by atoms with Crippen LogP contribution < -0.4 is 0 Å². The number of carbonyl (C=O) groups is 2. The predicted molar refractivity (Wildman–Crippen MR) is 71.9 cm³/mol. The molecule has 5 nitrogen and oxygen atoms in total. The van der Waals surface area contributed by atoms with Gasteiger partial charge in [0, 0.05) is 13.5 Å². The summed E-state index contributed by atoms with van der Waals surface area (Å²) in [7, 11) is 2.95. The summed E-state index contributed by atoms with van der Waals surface area (Å²) in [6, 6.07) is 0. The average Bonchev–Trinajstić information content (AvgIpc) is 2.45. The van der Waals surface area contributed by atoms with Crippen LogP contribution >= 0.6 is 0 Å². The van der Waals surface area contributed by atoms with Crippen molar-refractivity contribution in [2.45, 2.75) is 45.1 Å². The number of esters is 1. The first-order valence-corrected chi connectivity index (χ1v) is 7.25. The van der Waals surface area contributed by atoms with Gasteiger partial charge in [-0.25, -0.2) is 0 Å². The summed E-state index contributed by atoms with van der Waals surface area (Å²) in [6.45, 7) is 2.39. The largest absolute Gasteiger partial charge is 0.468 e. The number of Topliss-reactive ketones (excluding diaryl/α,β-unsaturated/α-hetero) is 1. The highest BCUT2D eigenvalue weighted by molar-refractivity contribution is 6.00. The van der Waals surface area contributed by atoms with Gasteiger partial charge < -0.3 is 14.2 Å². The van der Waals surface area contributed by atoms with Crippen molar-refractivity contribution < 1.29 is 23.8 Å². The summed E-state index contributed by atoms with van der Waals surface area (Å²) < 4.78 is 15.7. The molecule has 0 N–H and O–H groups in total. The highest BCUT2D eigenvalue weighted by Crippen LogP contribution is 2.52. The Morgan fingerprint density at radius 2 is 2.10 bits per heavy atom. The number of rotatable bonds is 4. The fraction of sp³-hybridized carbons (Fsp3) is 0.867. The van der Waals surface area contributed by atoms with Crippen LogP contribution in [0.5, 0.6) is 0 Å². The number of methoxy groups -OCH3 is 2. The summed E-state index contributed by atoms with van der Waals surface area (Å²) in [4.78, 5) is 24.1. The molecule has 0 aromatic heterocycles. The fourth-order valence-corrected chi connectivity index (χ4v) is 3.93. The number of hydrogen-bond donors (Lipinski definition) is 0.